The number of phosphoric acid groups is 1. The Morgan fingerprint density at radius 2 is 0.915 bits per heavy atom. The fourth-order valence-electron chi connectivity index (χ4n) is 6.77. The van der Waals surface area contributed by atoms with Gasteiger partial charge in [0.05, 0.1) is 6.61 Å². The van der Waals surface area contributed by atoms with Gasteiger partial charge >= 0.3 is 19.8 Å². The van der Waals surface area contributed by atoms with Crippen LogP contribution in [0.5, 0.6) is 0 Å². The molecule has 1 aliphatic rings. The fraction of sp³-hybridized carbons (Fsp3) is 0.822. The Kier molecular flexibility index (Phi) is 33.3. The third kappa shape index (κ3) is 28.3. The molecule has 8 atom stereocenters. The molecule has 0 aromatic carbocycles. The molecule has 0 aromatic rings. The molecule has 0 aromatic heterocycles. The Morgan fingerprint density at radius 3 is 1.41 bits per heavy atom. The number of allylic oxidation sites excluding steroid dienone is 6. The number of carbonyl (C=O) groups is 2. The van der Waals surface area contributed by atoms with Gasteiger partial charge in [0.15, 0.2) is 6.10 Å². The molecule has 344 valence electrons. The Bertz CT molecular complexity index is 1180. The molecule has 0 bridgehead atoms. The number of hydrogen-bond acceptors (Lipinski definition) is 12. The fourth-order valence-corrected chi connectivity index (χ4v) is 7.74. The third-order valence-electron chi connectivity index (χ3n) is 10.5. The van der Waals surface area contributed by atoms with E-state index in [1.165, 1.54) is 116 Å². The molecule has 4 unspecified atom stereocenters. The number of esters is 2. The molecule has 59 heavy (non-hydrogen) atoms. The molecule has 0 amide bonds. The van der Waals surface area contributed by atoms with Crippen LogP contribution in [0.3, 0.4) is 0 Å². The molecule has 1 aliphatic carbocycles. The number of aliphatic hydroxyl groups excluding tert-OH is 5. The number of unbranched alkanes of at least 4 members (excludes halogenated alkanes) is 19. The standard InChI is InChI=1S/C45H81O13P/c1-3-5-7-9-11-13-15-17-19-21-23-25-27-29-31-33-38(46)55-35-37(36-56-59(53,54)58-45-43(51)41(49)40(48)42(50)44(45)52)57-39(47)34-32-30-28-26-24-22-20-18-16-14-12-10-8-6-4-2/h22,24,27-30,37,40-45,48-52H,3-21,23,25-26,31-36H2,1-2H3,(H,53,54)/b24-22-,29-27-,30-28-/t37?,40?,41-,42+,43-,44-,45?/m1/s1. The van der Waals surface area contributed by atoms with Crippen molar-refractivity contribution in [1.82, 2.24) is 0 Å². The van der Waals surface area contributed by atoms with Crippen molar-refractivity contribution in [2.24, 2.45) is 0 Å². The Balaban J connectivity index is 2.53. The van der Waals surface area contributed by atoms with Gasteiger partial charge in [-0.2, -0.15) is 0 Å². The highest BCUT2D eigenvalue weighted by molar-refractivity contribution is 7.47. The SMILES string of the molecule is CCCCCCCCCC/C=C\C/C=C\CCC(=O)OC(COC(=O)CC/C=C\CCCCCCCCCCCCC)COP(=O)(O)OC1[C@H](O)[C@H](O)C(O)[C@H](O)[C@H]1O. The van der Waals surface area contributed by atoms with Crippen molar-refractivity contribution in [1.29, 1.82) is 0 Å². The number of rotatable bonds is 37. The largest absolute Gasteiger partial charge is 0.472 e. The topological polar surface area (TPSA) is 210 Å². The van der Waals surface area contributed by atoms with Crippen molar-refractivity contribution >= 4 is 19.8 Å². The smallest absolute Gasteiger partial charge is 0.462 e. The van der Waals surface area contributed by atoms with Gasteiger partial charge in [-0.3, -0.25) is 18.6 Å². The minimum Gasteiger partial charge on any atom is -0.462 e. The lowest BCUT2D eigenvalue weighted by molar-refractivity contribution is -0.220. The minimum atomic E-state index is -5.14. The van der Waals surface area contributed by atoms with Crippen LogP contribution in [0.2, 0.25) is 0 Å². The van der Waals surface area contributed by atoms with Crippen LogP contribution in [-0.2, 0) is 32.7 Å². The van der Waals surface area contributed by atoms with Crippen molar-refractivity contribution in [3.8, 4) is 0 Å². The van der Waals surface area contributed by atoms with Crippen LogP contribution in [0.25, 0.3) is 0 Å². The first-order chi connectivity index (χ1) is 28.4. The van der Waals surface area contributed by atoms with Gasteiger partial charge in [0, 0.05) is 12.8 Å². The predicted octanol–water partition coefficient (Wildman–Crippen LogP) is 8.61. The van der Waals surface area contributed by atoms with E-state index in [2.05, 4.69) is 32.1 Å². The predicted molar refractivity (Wildman–Crippen MR) is 230 cm³/mol. The molecule has 14 heteroatoms. The molecular formula is C45H81O13P. The van der Waals surface area contributed by atoms with E-state index >= 15 is 0 Å². The summed E-state index contributed by atoms with van der Waals surface area (Å²) in [5, 5.41) is 50.1. The monoisotopic (exact) mass is 861 g/mol. The number of ether oxygens (including phenoxy) is 2. The summed E-state index contributed by atoms with van der Waals surface area (Å²) in [5.41, 5.74) is 0. The summed E-state index contributed by atoms with van der Waals surface area (Å²) in [5.74, 6) is -1.23. The number of carbonyl (C=O) groups excluding carboxylic acids is 2. The summed E-state index contributed by atoms with van der Waals surface area (Å²) >= 11 is 0. The van der Waals surface area contributed by atoms with E-state index in [-0.39, 0.29) is 12.8 Å². The number of phosphoric ester groups is 1. The first kappa shape index (κ1) is 55.1. The van der Waals surface area contributed by atoms with Crippen molar-refractivity contribution < 1.29 is 63.1 Å². The van der Waals surface area contributed by atoms with Gasteiger partial charge in [0.2, 0.25) is 0 Å². The lowest BCUT2D eigenvalue weighted by atomic mass is 9.85. The van der Waals surface area contributed by atoms with E-state index in [4.69, 9.17) is 18.5 Å². The molecule has 6 N–H and O–H groups in total. The second kappa shape index (κ2) is 35.6. The quantitative estimate of drug-likeness (QED) is 0.0150. The molecular weight excluding hydrogens is 779 g/mol. The van der Waals surface area contributed by atoms with Gasteiger partial charge in [-0.1, -0.05) is 159 Å². The van der Waals surface area contributed by atoms with Gasteiger partial charge < -0.3 is 39.9 Å². The first-order valence-corrected chi connectivity index (χ1v) is 24.3. The van der Waals surface area contributed by atoms with E-state index in [1.807, 2.05) is 18.2 Å². The summed E-state index contributed by atoms with van der Waals surface area (Å²) in [6.07, 6.45) is 26.6. The van der Waals surface area contributed by atoms with Crippen LogP contribution in [0, 0.1) is 0 Å². The van der Waals surface area contributed by atoms with Crippen LogP contribution in [0.1, 0.15) is 181 Å². The first-order valence-electron chi connectivity index (χ1n) is 22.8. The second-order valence-corrected chi connectivity index (χ2v) is 17.3. The highest BCUT2D eigenvalue weighted by Crippen LogP contribution is 2.47. The second-order valence-electron chi connectivity index (χ2n) is 15.9. The summed E-state index contributed by atoms with van der Waals surface area (Å²) in [6, 6.07) is 0. The Labute approximate surface area is 355 Å². The normalized spacial score (nSPS) is 22.6. The van der Waals surface area contributed by atoms with E-state index in [0.29, 0.717) is 12.8 Å². The van der Waals surface area contributed by atoms with Crippen molar-refractivity contribution in [3.05, 3.63) is 36.5 Å². The van der Waals surface area contributed by atoms with Crippen molar-refractivity contribution in [2.45, 2.75) is 224 Å². The van der Waals surface area contributed by atoms with E-state index < -0.39 is 75.7 Å². The molecule has 13 nitrogen and oxygen atoms in total. The van der Waals surface area contributed by atoms with Crippen molar-refractivity contribution in [3.63, 3.8) is 0 Å². The van der Waals surface area contributed by atoms with Gasteiger partial charge in [-0.25, -0.2) is 4.57 Å². The lowest BCUT2D eigenvalue weighted by Crippen LogP contribution is -2.64. The maximum Gasteiger partial charge on any atom is 0.472 e. The summed E-state index contributed by atoms with van der Waals surface area (Å²) in [7, 11) is -5.14. The molecule has 1 saturated carbocycles. The Hall–Kier alpha value is -1.93. The highest BCUT2D eigenvalue weighted by Gasteiger charge is 2.51. The molecule has 0 heterocycles. The van der Waals surface area contributed by atoms with Gasteiger partial charge in [-0.05, 0) is 44.9 Å². The van der Waals surface area contributed by atoms with Crippen molar-refractivity contribution in [2.75, 3.05) is 13.2 Å². The molecule has 0 saturated heterocycles. The molecule has 0 radical (unpaired) electrons. The zero-order valence-electron chi connectivity index (χ0n) is 36.3. The summed E-state index contributed by atoms with van der Waals surface area (Å²) in [4.78, 5) is 35.6. The summed E-state index contributed by atoms with van der Waals surface area (Å²) < 4.78 is 33.4. The molecule has 1 fully saturated rings. The average Bonchev–Trinajstić information content (AvgIpc) is 3.21. The molecule has 1 rings (SSSR count). The number of hydrogen-bond donors (Lipinski definition) is 6. The maximum atomic E-state index is 12.8. The van der Waals surface area contributed by atoms with Crippen LogP contribution < -0.4 is 0 Å². The number of aliphatic hydroxyl groups is 5. The minimum absolute atomic E-state index is 0.0152. The van der Waals surface area contributed by atoms with Crippen LogP contribution in [-0.4, -0.2) is 98.3 Å². The van der Waals surface area contributed by atoms with E-state index in [0.717, 1.165) is 25.7 Å². The Morgan fingerprint density at radius 1 is 0.525 bits per heavy atom. The van der Waals surface area contributed by atoms with Gasteiger partial charge in [-0.15, -0.1) is 0 Å². The van der Waals surface area contributed by atoms with Crippen LogP contribution in [0.4, 0.5) is 0 Å². The van der Waals surface area contributed by atoms with Crippen LogP contribution in [0.15, 0.2) is 36.5 Å². The zero-order chi connectivity index (χ0) is 43.6. The van der Waals surface area contributed by atoms with Gasteiger partial charge in [0.25, 0.3) is 0 Å². The summed E-state index contributed by atoms with van der Waals surface area (Å²) in [6.45, 7) is 3.21. The third-order valence-corrected chi connectivity index (χ3v) is 11.5. The molecule has 0 spiro atoms. The van der Waals surface area contributed by atoms with E-state index in [9.17, 15) is 44.6 Å². The molecule has 0 aliphatic heterocycles. The van der Waals surface area contributed by atoms with E-state index in [1.54, 1.807) is 0 Å². The van der Waals surface area contributed by atoms with Crippen LogP contribution >= 0.6 is 7.82 Å². The maximum absolute atomic E-state index is 12.8. The lowest BCUT2D eigenvalue weighted by Gasteiger charge is -2.41. The van der Waals surface area contributed by atoms with Gasteiger partial charge in [0.1, 0.15) is 43.2 Å². The average molecular weight is 861 g/mol. The highest BCUT2D eigenvalue weighted by atomic mass is 31.2. The zero-order valence-corrected chi connectivity index (χ0v) is 37.2.